The van der Waals surface area contributed by atoms with Crippen LogP contribution in [0.3, 0.4) is 0 Å². The fraction of sp³-hybridized carbons (Fsp3) is 0.429. The molecule has 1 aliphatic carbocycles. The Hall–Kier alpha value is -0.730. The Bertz CT molecular complexity index is 701. The van der Waals surface area contributed by atoms with E-state index in [-0.39, 0.29) is 0 Å². The van der Waals surface area contributed by atoms with Gasteiger partial charge >= 0.3 is 0 Å². The molecule has 3 rings (SSSR count). The normalized spacial score (nSPS) is 15.5. The summed E-state index contributed by atoms with van der Waals surface area (Å²) in [5.41, 5.74) is 1.05. The minimum absolute atomic E-state index is 0.354. The second-order valence-electron chi connectivity index (χ2n) is 5.23. The Balaban J connectivity index is 1.67. The Morgan fingerprint density at radius 1 is 1.33 bits per heavy atom. The Kier molecular flexibility index (Phi) is 4.46. The fourth-order valence-corrected chi connectivity index (χ4v) is 5.30. The van der Waals surface area contributed by atoms with Crippen molar-refractivity contribution < 1.29 is 8.42 Å². The topological polar surface area (TPSA) is 58.2 Å². The van der Waals surface area contributed by atoms with Gasteiger partial charge < -0.3 is 5.32 Å². The Morgan fingerprint density at radius 3 is 2.81 bits per heavy atom. The molecule has 114 valence electrons. The summed E-state index contributed by atoms with van der Waals surface area (Å²) in [4.78, 5) is 2.13. The lowest BCUT2D eigenvalue weighted by molar-refractivity contribution is 0.584. The van der Waals surface area contributed by atoms with Gasteiger partial charge in [-0.05, 0) is 42.8 Å². The van der Waals surface area contributed by atoms with Gasteiger partial charge in [0, 0.05) is 28.9 Å². The van der Waals surface area contributed by atoms with Gasteiger partial charge in [0.2, 0.25) is 10.0 Å². The number of aryl methyl sites for hydroxylation is 1. The summed E-state index contributed by atoms with van der Waals surface area (Å²) in [6, 6.07) is 6.25. The zero-order valence-corrected chi connectivity index (χ0v) is 14.2. The zero-order valence-electron chi connectivity index (χ0n) is 11.8. The van der Waals surface area contributed by atoms with Crippen molar-refractivity contribution >= 4 is 32.7 Å². The number of rotatable bonds is 7. The minimum atomic E-state index is -3.41. The number of sulfonamides is 1. The highest BCUT2D eigenvalue weighted by molar-refractivity contribution is 7.91. The smallest absolute Gasteiger partial charge is 0.250 e. The molecule has 0 atom stereocenters. The zero-order chi connectivity index (χ0) is 14.9. The first-order chi connectivity index (χ1) is 10.0. The number of hydrogen-bond acceptors (Lipinski definition) is 5. The van der Waals surface area contributed by atoms with Crippen LogP contribution in [0, 0.1) is 6.92 Å². The SMILES string of the molecule is Cc1cc(S(=O)(=O)NCc2cccs2)sc1CNC1CC1. The lowest BCUT2D eigenvalue weighted by Gasteiger charge is -2.03. The maximum absolute atomic E-state index is 12.3. The summed E-state index contributed by atoms with van der Waals surface area (Å²) < 4.78 is 27.7. The second kappa shape index (κ2) is 6.18. The van der Waals surface area contributed by atoms with E-state index < -0.39 is 10.0 Å². The maximum atomic E-state index is 12.3. The number of nitrogens with one attached hydrogen (secondary N) is 2. The van der Waals surface area contributed by atoms with E-state index in [1.54, 1.807) is 17.4 Å². The summed E-state index contributed by atoms with van der Waals surface area (Å²) >= 11 is 2.92. The molecule has 0 bridgehead atoms. The van der Waals surface area contributed by atoms with Crippen LogP contribution in [0.15, 0.2) is 27.8 Å². The molecule has 2 heterocycles. The highest BCUT2D eigenvalue weighted by Crippen LogP contribution is 2.27. The highest BCUT2D eigenvalue weighted by Gasteiger charge is 2.22. The van der Waals surface area contributed by atoms with Gasteiger partial charge in [0.1, 0.15) is 4.21 Å². The van der Waals surface area contributed by atoms with E-state index in [0.717, 1.165) is 21.9 Å². The lowest BCUT2D eigenvalue weighted by Crippen LogP contribution is -2.21. The van der Waals surface area contributed by atoms with Gasteiger partial charge in [-0.25, -0.2) is 13.1 Å². The second-order valence-corrected chi connectivity index (χ2v) is 9.39. The van der Waals surface area contributed by atoms with E-state index >= 15 is 0 Å². The first kappa shape index (κ1) is 15.2. The van der Waals surface area contributed by atoms with E-state index in [1.807, 2.05) is 24.4 Å². The van der Waals surface area contributed by atoms with E-state index in [9.17, 15) is 8.42 Å². The van der Waals surface area contributed by atoms with E-state index in [0.29, 0.717) is 16.8 Å². The molecule has 0 aliphatic heterocycles. The monoisotopic (exact) mass is 342 g/mol. The molecule has 0 spiro atoms. The summed E-state index contributed by atoms with van der Waals surface area (Å²) in [7, 11) is -3.41. The molecule has 0 saturated heterocycles. The molecule has 2 aromatic rings. The van der Waals surface area contributed by atoms with Crippen molar-refractivity contribution in [2.45, 2.75) is 43.1 Å². The van der Waals surface area contributed by atoms with E-state index in [2.05, 4.69) is 10.0 Å². The molecule has 7 heteroatoms. The third-order valence-electron chi connectivity index (χ3n) is 3.41. The molecule has 4 nitrogen and oxygen atoms in total. The summed E-state index contributed by atoms with van der Waals surface area (Å²) in [5.74, 6) is 0. The van der Waals surface area contributed by atoms with Gasteiger partial charge in [0.25, 0.3) is 0 Å². The van der Waals surface area contributed by atoms with Crippen molar-refractivity contribution in [3.05, 3.63) is 38.9 Å². The Labute approximate surface area is 133 Å². The van der Waals surface area contributed by atoms with Crippen LogP contribution in [0.2, 0.25) is 0 Å². The van der Waals surface area contributed by atoms with Crippen LogP contribution < -0.4 is 10.0 Å². The van der Waals surface area contributed by atoms with E-state index in [1.165, 1.54) is 24.2 Å². The molecule has 0 amide bonds. The van der Waals surface area contributed by atoms with Crippen LogP contribution in [-0.4, -0.2) is 14.5 Å². The quantitative estimate of drug-likeness (QED) is 0.813. The van der Waals surface area contributed by atoms with Crippen LogP contribution in [0.1, 0.15) is 28.2 Å². The fourth-order valence-electron chi connectivity index (χ4n) is 1.97. The maximum Gasteiger partial charge on any atom is 0.250 e. The largest absolute Gasteiger partial charge is 0.309 e. The van der Waals surface area contributed by atoms with Crippen molar-refractivity contribution in [3.63, 3.8) is 0 Å². The molecular weight excluding hydrogens is 324 g/mol. The van der Waals surface area contributed by atoms with Crippen LogP contribution in [0.25, 0.3) is 0 Å². The summed E-state index contributed by atoms with van der Waals surface area (Å²) in [5, 5.41) is 5.37. The van der Waals surface area contributed by atoms with Crippen LogP contribution in [0.4, 0.5) is 0 Å². The highest BCUT2D eigenvalue weighted by atomic mass is 32.2. The number of thiophene rings is 2. The predicted octanol–water partition coefficient (Wildman–Crippen LogP) is 2.85. The van der Waals surface area contributed by atoms with Crippen LogP contribution in [0.5, 0.6) is 0 Å². The van der Waals surface area contributed by atoms with Gasteiger partial charge in [-0.2, -0.15) is 0 Å². The lowest BCUT2D eigenvalue weighted by atomic mass is 10.3. The first-order valence-corrected chi connectivity index (χ1v) is 10.1. The minimum Gasteiger partial charge on any atom is -0.309 e. The van der Waals surface area contributed by atoms with Gasteiger partial charge in [0.05, 0.1) is 0 Å². The van der Waals surface area contributed by atoms with Crippen LogP contribution >= 0.6 is 22.7 Å². The average Bonchev–Trinajstić information content (AvgIpc) is 2.98. The number of hydrogen-bond donors (Lipinski definition) is 2. The molecule has 0 unspecified atom stereocenters. The molecule has 1 aliphatic rings. The summed E-state index contributed by atoms with van der Waals surface area (Å²) in [6.45, 7) is 3.09. The molecular formula is C14H18N2O2S3. The molecule has 0 radical (unpaired) electrons. The van der Waals surface area contributed by atoms with Crippen molar-refractivity contribution in [3.8, 4) is 0 Å². The molecule has 2 N–H and O–H groups in total. The van der Waals surface area contributed by atoms with Crippen LogP contribution in [-0.2, 0) is 23.1 Å². The average molecular weight is 343 g/mol. The molecule has 1 fully saturated rings. The Morgan fingerprint density at radius 2 is 2.14 bits per heavy atom. The van der Waals surface area contributed by atoms with Gasteiger partial charge in [-0.15, -0.1) is 22.7 Å². The van der Waals surface area contributed by atoms with Crippen molar-refractivity contribution in [2.24, 2.45) is 0 Å². The molecule has 21 heavy (non-hydrogen) atoms. The first-order valence-electron chi connectivity index (χ1n) is 6.89. The molecule has 2 aromatic heterocycles. The van der Waals surface area contributed by atoms with Gasteiger partial charge in [-0.3, -0.25) is 0 Å². The van der Waals surface area contributed by atoms with E-state index in [4.69, 9.17) is 0 Å². The molecule has 1 saturated carbocycles. The predicted molar refractivity (Wildman–Crippen MR) is 87.3 cm³/mol. The standard InChI is InChI=1S/C14H18N2O2S3/c1-10-7-14(20-13(10)9-15-11-4-5-11)21(17,18)16-8-12-3-2-6-19-12/h2-3,6-7,11,15-16H,4-5,8-9H2,1H3. The van der Waals surface area contributed by atoms with Crippen molar-refractivity contribution in [1.29, 1.82) is 0 Å². The van der Waals surface area contributed by atoms with Crippen molar-refractivity contribution in [2.75, 3.05) is 0 Å². The third kappa shape index (κ3) is 3.92. The van der Waals surface area contributed by atoms with Gasteiger partial charge in [-0.1, -0.05) is 6.07 Å². The third-order valence-corrected chi connectivity index (χ3v) is 7.40. The summed E-state index contributed by atoms with van der Waals surface area (Å²) in [6.07, 6.45) is 2.47. The molecule has 0 aromatic carbocycles. The van der Waals surface area contributed by atoms with Crippen molar-refractivity contribution in [1.82, 2.24) is 10.0 Å². The van der Waals surface area contributed by atoms with Gasteiger partial charge in [0.15, 0.2) is 0 Å².